The number of hydrogen-bond acceptors (Lipinski definition) is 5. The van der Waals surface area contributed by atoms with E-state index in [0.717, 1.165) is 42.4 Å². The Morgan fingerprint density at radius 1 is 1.32 bits per heavy atom. The van der Waals surface area contributed by atoms with Crippen molar-refractivity contribution < 1.29 is 0 Å². The Morgan fingerprint density at radius 2 is 2.18 bits per heavy atom. The Bertz CT molecular complexity index is 756. The van der Waals surface area contributed by atoms with Crippen molar-refractivity contribution in [3.8, 4) is 0 Å². The van der Waals surface area contributed by atoms with Crippen molar-refractivity contribution in [2.45, 2.75) is 39.7 Å². The van der Waals surface area contributed by atoms with Crippen molar-refractivity contribution >= 4 is 11.3 Å². The van der Waals surface area contributed by atoms with E-state index in [4.69, 9.17) is 0 Å². The highest BCUT2D eigenvalue weighted by Crippen LogP contribution is 2.19. The second-order valence-corrected chi connectivity index (χ2v) is 5.68. The third kappa shape index (κ3) is 2.93. The average molecular weight is 299 g/mol. The number of anilines is 1. The fraction of sp³-hybridized carbons (Fsp3) is 0.467. The Kier molecular flexibility index (Phi) is 4.04. The maximum atomic E-state index is 4.52. The molecule has 0 saturated heterocycles. The molecule has 0 aliphatic carbocycles. The molecule has 0 aliphatic heterocycles. The molecule has 3 aromatic rings. The predicted molar refractivity (Wildman–Crippen MR) is 84.9 cm³/mol. The summed E-state index contributed by atoms with van der Waals surface area (Å²) in [4.78, 5) is 4.23. The van der Waals surface area contributed by atoms with Crippen LogP contribution in [0.25, 0.3) is 5.65 Å². The van der Waals surface area contributed by atoms with E-state index in [-0.39, 0.29) is 0 Å². The summed E-state index contributed by atoms with van der Waals surface area (Å²) in [6, 6.07) is 2.07. The minimum Gasteiger partial charge on any atom is -0.382 e. The molecule has 22 heavy (non-hydrogen) atoms. The van der Waals surface area contributed by atoms with Gasteiger partial charge in [-0.25, -0.2) is 4.98 Å². The van der Waals surface area contributed by atoms with Gasteiger partial charge in [-0.05, 0) is 25.3 Å². The zero-order valence-corrected chi connectivity index (χ0v) is 13.2. The van der Waals surface area contributed by atoms with Crippen molar-refractivity contribution in [2.24, 2.45) is 0 Å². The van der Waals surface area contributed by atoms with E-state index >= 15 is 0 Å². The lowest BCUT2D eigenvalue weighted by Crippen LogP contribution is -2.10. The number of nitrogens with one attached hydrogen (secondary N) is 1. The van der Waals surface area contributed by atoms with Crippen molar-refractivity contribution in [3.63, 3.8) is 0 Å². The average Bonchev–Trinajstić information content (AvgIpc) is 3.12. The smallest absolute Gasteiger partial charge is 0.200 e. The van der Waals surface area contributed by atoms with Crippen LogP contribution in [0, 0.1) is 6.92 Å². The van der Waals surface area contributed by atoms with Crippen LogP contribution in [0.4, 0.5) is 5.69 Å². The molecule has 0 aliphatic rings. The molecule has 3 aromatic heterocycles. The zero-order valence-electron chi connectivity index (χ0n) is 13.2. The van der Waals surface area contributed by atoms with Crippen LogP contribution in [-0.2, 0) is 6.54 Å². The number of rotatable bonds is 6. The van der Waals surface area contributed by atoms with Gasteiger partial charge >= 0.3 is 0 Å². The maximum Gasteiger partial charge on any atom is 0.200 e. The summed E-state index contributed by atoms with van der Waals surface area (Å²) in [5.41, 5.74) is 2.78. The number of fused-ring (bicyclic) bond motifs is 1. The van der Waals surface area contributed by atoms with Gasteiger partial charge < -0.3 is 9.88 Å². The molecule has 3 heterocycles. The molecule has 0 amide bonds. The highest BCUT2D eigenvalue weighted by molar-refractivity contribution is 5.66. The van der Waals surface area contributed by atoms with Gasteiger partial charge in [0.2, 0.25) is 5.65 Å². The molecule has 7 heteroatoms. The molecule has 0 fully saturated rings. The van der Waals surface area contributed by atoms with E-state index in [2.05, 4.69) is 50.1 Å². The first-order valence-corrected chi connectivity index (χ1v) is 7.57. The van der Waals surface area contributed by atoms with E-state index in [0.29, 0.717) is 5.92 Å². The molecule has 7 nitrogen and oxygen atoms in total. The van der Waals surface area contributed by atoms with Crippen LogP contribution in [0.15, 0.2) is 24.8 Å². The van der Waals surface area contributed by atoms with Crippen LogP contribution in [0.2, 0.25) is 0 Å². The van der Waals surface area contributed by atoms with Crippen LogP contribution in [0.3, 0.4) is 0 Å². The van der Waals surface area contributed by atoms with Crippen LogP contribution < -0.4 is 5.32 Å². The van der Waals surface area contributed by atoms with Crippen molar-refractivity contribution in [1.29, 1.82) is 0 Å². The first-order valence-electron chi connectivity index (χ1n) is 7.57. The molecule has 0 spiro atoms. The Morgan fingerprint density at radius 3 is 2.91 bits per heavy atom. The van der Waals surface area contributed by atoms with Crippen LogP contribution in [-0.4, -0.2) is 35.9 Å². The highest BCUT2D eigenvalue weighted by Gasteiger charge is 2.10. The van der Waals surface area contributed by atoms with Gasteiger partial charge in [-0.1, -0.05) is 13.8 Å². The Hall–Kier alpha value is -2.44. The minimum atomic E-state index is 0.362. The first-order chi connectivity index (χ1) is 10.6. The second kappa shape index (κ2) is 6.13. The molecule has 3 rings (SSSR count). The summed E-state index contributed by atoms with van der Waals surface area (Å²) < 4.78 is 3.89. The third-order valence-corrected chi connectivity index (χ3v) is 3.69. The molecule has 0 bridgehead atoms. The fourth-order valence-corrected chi connectivity index (χ4v) is 2.37. The second-order valence-electron chi connectivity index (χ2n) is 5.68. The predicted octanol–water partition coefficient (Wildman–Crippen LogP) is 2.25. The standard InChI is InChI=1S/C15H21N7/c1-11(2)13-9-14(15-19-18-10-22(15)20-13)17-5-4-7-21-8-6-16-12(21)3/h6,8-11,17H,4-5,7H2,1-3H3. The summed E-state index contributed by atoms with van der Waals surface area (Å²) in [5.74, 6) is 1.41. The van der Waals surface area contributed by atoms with Crippen molar-refractivity contribution in [1.82, 2.24) is 29.4 Å². The van der Waals surface area contributed by atoms with Crippen molar-refractivity contribution in [2.75, 3.05) is 11.9 Å². The summed E-state index contributed by atoms with van der Waals surface area (Å²) in [6.07, 6.45) is 6.49. The molecule has 116 valence electrons. The molecule has 0 radical (unpaired) electrons. The number of aromatic nitrogens is 6. The number of imidazole rings is 1. The highest BCUT2D eigenvalue weighted by atomic mass is 15.3. The lowest BCUT2D eigenvalue weighted by atomic mass is 10.1. The van der Waals surface area contributed by atoms with Crippen LogP contribution in [0.5, 0.6) is 0 Å². The monoisotopic (exact) mass is 299 g/mol. The summed E-state index contributed by atoms with van der Waals surface area (Å²) in [6.45, 7) is 8.09. The Balaban J connectivity index is 1.68. The molecular weight excluding hydrogens is 278 g/mol. The number of hydrogen-bond donors (Lipinski definition) is 1. The summed E-state index contributed by atoms with van der Waals surface area (Å²) >= 11 is 0. The van der Waals surface area contributed by atoms with E-state index in [1.165, 1.54) is 0 Å². The van der Waals surface area contributed by atoms with Gasteiger partial charge in [0, 0.05) is 25.5 Å². The fourth-order valence-electron chi connectivity index (χ4n) is 2.37. The molecule has 0 unspecified atom stereocenters. The Labute approximate surface area is 129 Å². The third-order valence-electron chi connectivity index (χ3n) is 3.69. The van der Waals surface area contributed by atoms with E-state index < -0.39 is 0 Å². The molecule has 0 saturated carbocycles. The molecule has 0 aromatic carbocycles. The molecule has 0 atom stereocenters. The van der Waals surface area contributed by atoms with Crippen LogP contribution in [0.1, 0.15) is 37.7 Å². The number of aryl methyl sites for hydroxylation is 2. The lowest BCUT2D eigenvalue weighted by molar-refractivity contribution is 0.642. The van der Waals surface area contributed by atoms with Gasteiger partial charge in [0.05, 0.1) is 11.4 Å². The SMILES string of the molecule is Cc1nccn1CCCNc1cc(C(C)C)nn2cnnc12. The lowest BCUT2D eigenvalue weighted by Gasteiger charge is -2.11. The quantitative estimate of drug-likeness (QED) is 0.707. The van der Waals surface area contributed by atoms with Gasteiger partial charge in [-0.2, -0.15) is 9.61 Å². The van der Waals surface area contributed by atoms with Gasteiger partial charge in [0.25, 0.3) is 0 Å². The topological polar surface area (TPSA) is 72.9 Å². The first kappa shape index (κ1) is 14.5. The summed E-state index contributed by atoms with van der Waals surface area (Å²) in [5, 5.41) is 16.0. The maximum absolute atomic E-state index is 4.52. The van der Waals surface area contributed by atoms with Crippen molar-refractivity contribution in [3.05, 3.63) is 36.3 Å². The number of nitrogens with zero attached hydrogens (tertiary/aromatic N) is 6. The van der Waals surface area contributed by atoms with Gasteiger partial charge in [-0.3, -0.25) is 0 Å². The van der Waals surface area contributed by atoms with E-state index in [1.54, 1.807) is 10.8 Å². The van der Waals surface area contributed by atoms with E-state index in [9.17, 15) is 0 Å². The zero-order chi connectivity index (χ0) is 15.5. The van der Waals surface area contributed by atoms with Gasteiger partial charge in [0.15, 0.2) is 0 Å². The molecule has 1 N–H and O–H groups in total. The van der Waals surface area contributed by atoms with Gasteiger partial charge in [0.1, 0.15) is 12.2 Å². The van der Waals surface area contributed by atoms with E-state index in [1.807, 2.05) is 19.3 Å². The largest absolute Gasteiger partial charge is 0.382 e. The normalized spacial score (nSPS) is 11.5. The summed E-state index contributed by atoms with van der Waals surface area (Å²) in [7, 11) is 0. The molecular formula is C15H21N7. The minimum absolute atomic E-state index is 0.362. The van der Waals surface area contributed by atoms with Gasteiger partial charge in [-0.15, -0.1) is 10.2 Å². The van der Waals surface area contributed by atoms with Crippen LogP contribution >= 0.6 is 0 Å².